The third-order valence-corrected chi connectivity index (χ3v) is 3.11. The first-order valence-corrected chi connectivity index (χ1v) is 5.50. The molecular formula is C13H13N2O4-. The molecule has 0 amide bonds. The predicted molar refractivity (Wildman–Crippen MR) is 65.3 cm³/mol. The van der Waals surface area contributed by atoms with E-state index in [1.165, 1.54) is 12.1 Å². The minimum absolute atomic E-state index is 0.0168. The number of rotatable bonds is 2. The Morgan fingerprint density at radius 1 is 1.26 bits per heavy atom. The zero-order valence-electron chi connectivity index (χ0n) is 9.91. The third-order valence-electron chi connectivity index (χ3n) is 3.11. The number of nitrogens with two attached hydrogens (primary N) is 2. The second-order valence-electron chi connectivity index (χ2n) is 4.44. The molecule has 1 aromatic carbocycles. The Balaban J connectivity index is 2.65. The summed E-state index contributed by atoms with van der Waals surface area (Å²) in [5.74, 6) is -1.71. The molecule has 0 aromatic heterocycles. The average Bonchev–Trinajstić information content (AvgIpc) is 2.33. The molecule has 1 unspecified atom stereocenters. The van der Waals surface area contributed by atoms with Crippen LogP contribution in [-0.2, 0) is 10.4 Å². The van der Waals surface area contributed by atoms with Crippen LogP contribution in [0.1, 0.15) is 5.56 Å². The van der Waals surface area contributed by atoms with Gasteiger partial charge in [0.25, 0.3) is 0 Å². The smallest absolute Gasteiger partial charge is 0.147 e. The monoisotopic (exact) mass is 261 g/mol. The molecule has 0 bridgehead atoms. The van der Waals surface area contributed by atoms with Gasteiger partial charge in [-0.25, -0.2) is 0 Å². The number of aliphatic carboxylic acids is 1. The number of phenols is 1. The summed E-state index contributed by atoms with van der Waals surface area (Å²) < 4.78 is 0. The summed E-state index contributed by atoms with van der Waals surface area (Å²) in [7, 11) is 0. The van der Waals surface area contributed by atoms with Crippen LogP contribution in [0, 0.1) is 0 Å². The lowest BCUT2D eigenvalue weighted by atomic mass is 9.77. The number of hydrogen-bond acceptors (Lipinski definition) is 6. The molecule has 0 fully saturated rings. The molecule has 0 saturated heterocycles. The lowest BCUT2D eigenvalue weighted by molar-refractivity contribution is -0.298. The van der Waals surface area contributed by atoms with E-state index in [0.29, 0.717) is 0 Å². The summed E-state index contributed by atoms with van der Waals surface area (Å²) in [6, 6.07) is 5.87. The molecule has 1 atom stereocenters. The van der Waals surface area contributed by atoms with Gasteiger partial charge in [0, 0.05) is 5.56 Å². The van der Waals surface area contributed by atoms with E-state index in [9.17, 15) is 20.1 Å². The molecule has 1 aliphatic carbocycles. The molecule has 100 valence electrons. The van der Waals surface area contributed by atoms with Crippen LogP contribution >= 0.6 is 0 Å². The van der Waals surface area contributed by atoms with Crippen molar-refractivity contribution >= 4 is 5.97 Å². The van der Waals surface area contributed by atoms with Gasteiger partial charge in [-0.3, -0.25) is 0 Å². The van der Waals surface area contributed by atoms with E-state index in [4.69, 9.17) is 11.5 Å². The van der Waals surface area contributed by atoms with Gasteiger partial charge in [0.15, 0.2) is 0 Å². The fraction of sp³-hybridized carbons (Fsp3) is 0.154. The van der Waals surface area contributed by atoms with Crippen LogP contribution in [0.3, 0.4) is 0 Å². The topological polar surface area (TPSA) is 133 Å². The number of para-hydroxylation sites is 1. The van der Waals surface area contributed by atoms with E-state index in [1.54, 1.807) is 12.1 Å². The zero-order valence-corrected chi connectivity index (χ0v) is 9.91. The fourth-order valence-electron chi connectivity index (χ4n) is 1.99. The van der Waals surface area contributed by atoms with E-state index in [0.717, 1.165) is 18.2 Å². The minimum Gasteiger partial charge on any atom is -0.545 e. The van der Waals surface area contributed by atoms with E-state index in [2.05, 4.69) is 0 Å². The molecular weight excluding hydrogens is 248 g/mol. The van der Waals surface area contributed by atoms with Gasteiger partial charge in [-0.2, -0.15) is 0 Å². The first-order valence-electron chi connectivity index (χ1n) is 5.50. The van der Waals surface area contributed by atoms with Gasteiger partial charge in [-0.1, -0.05) is 24.3 Å². The lowest BCUT2D eigenvalue weighted by Gasteiger charge is -2.41. The Morgan fingerprint density at radius 3 is 2.47 bits per heavy atom. The lowest BCUT2D eigenvalue weighted by Crippen LogP contribution is -2.64. The van der Waals surface area contributed by atoms with Gasteiger partial charge in [-0.05, 0) is 23.8 Å². The number of hydrogen-bond donors (Lipinski definition) is 4. The quantitative estimate of drug-likeness (QED) is 0.476. The van der Waals surface area contributed by atoms with Crippen LogP contribution in [0.15, 0.2) is 48.1 Å². The standard InChI is InChI=1S/C13H14N2O4/c14-13(15)6-5-8(11(17)18)7-12(13,19)9-3-1-2-4-10(9)16/h1-7,16,19H,14-15H2,(H,17,18)/p-1. The van der Waals surface area contributed by atoms with Crippen molar-refractivity contribution in [3.8, 4) is 5.75 Å². The SMILES string of the molecule is NC1(N)C=CC(C(=O)[O-])=CC1(O)c1ccccc1O. The van der Waals surface area contributed by atoms with E-state index in [1.807, 2.05) is 0 Å². The molecule has 19 heavy (non-hydrogen) atoms. The highest BCUT2D eigenvalue weighted by Gasteiger charge is 2.46. The Kier molecular flexibility index (Phi) is 2.94. The van der Waals surface area contributed by atoms with Crippen LogP contribution in [0.2, 0.25) is 0 Å². The highest BCUT2D eigenvalue weighted by atomic mass is 16.4. The van der Waals surface area contributed by atoms with Crippen molar-refractivity contribution in [3.63, 3.8) is 0 Å². The van der Waals surface area contributed by atoms with Gasteiger partial charge in [0.2, 0.25) is 0 Å². The Hall–Kier alpha value is -2.15. The zero-order chi connectivity index (χ0) is 14.3. The van der Waals surface area contributed by atoms with Crippen LogP contribution in [0.25, 0.3) is 0 Å². The number of aromatic hydroxyl groups is 1. The second kappa shape index (κ2) is 4.20. The van der Waals surface area contributed by atoms with Crippen molar-refractivity contribution < 1.29 is 20.1 Å². The van der Waals surface area contributed by atoms with Gasteiger partial charge in [-0.15, -0.1) is 0 Å². The highest BCUT2D eigenvalue weighted by molar-refractivity contribution is 5.89. The van der Waals surface area contributed by atoms with Gasteiger partial charge in [0.05, 0.1) is 5.97 Å². The van der Waals surface area contributed by atoms with Gasteiger partial charge >= 0.3 is 0 Å². The first kappa shape index (κ1) is 13.3. The molecule has 1 aliphatic rings. The van der Waals surface area contributed by atoms with Crippen molar-refractivity contribution in [1.82, 2.24) is 0 Å². The molecule has 0 aliphatic heterocycles. The Bertz CT molecular complexity index is 592. The minimum atomic E-state index is -2.05. The maximum Gasteiger partial charge on any atom is 0.147 e. The van der Waals surface area contributed by atoms with Crippen LogP contribution in [-0.4, -0.2) is 21.8 Å². The largest absolute Gasteiger partial charge is 0.545 e. The second-order valence-corrected chi connectivity index (χ2v) is 4.44. The summed E-state index contributed by atoms with van der Waals surface area (Å²) in [6.45, 7) is 0. The summed E-state index contributed by atoms with van der Waals surface area (Å²) in [5.41, 5.74) is 7.52. The number of carboxylic acids is 1. The molecule has 0 saturated carbocycles. The van der Waals surface area contributed by atoms with Crippen LogP contribution in [0.4, 0.5) is 0 Å². The number of aliphatic hydroxyl groups is 1. The number of carbonyl (C=O) groups excluding carboxylic acids is 1. The maximum atomic E-state index is 10.9. The molecule has 0 heterocycles. The van der Waals surface area contributed by atoms with Gasteiger partial charge in [0.1, 0.15) is 17.0 Å². The molecule has 0 radical (unpaired) electrons. The molecule has 6 N–H and O–H groups in total. The van der Waals surface area contributed by atoms with Crippen LogP contribution in [0.5, 0.6) is 5.75 Å². The molecule has 6 heteroatoms. The van der Waals surface area contributed by atoms with E-state index >= 15 is 0 Å². The summed E-state index contributed by atoms with van der Waals surface area (Å²) in [6.07, 6.45) is 3.28. The molecule has 2 rings (SSSR count). The van der Waals surface area contributed by atoms with Crippen molar-refractivity contribution in [1.29, 1.82) is 0 Å². The Labute approximate surface area is 109 Å². The number of phenolic OH excluding ortho intramolecular Hbond substituents is 1. The van der Waals surface area contributed by atoms with Crippen LogP contribution < -0.4 is 16.6 Å². The molecule has 0 spiro atoms. The van der Waals surface area contributed by atoms with Crippen molar-refractivity contribution in [2.24, 2.45) is 11.5 Å². The number of carbonyl (C=O) groups is 1. The third kappa shape index (κ3) is 2.01. The van der Waals surface area contributed by atoms with E-state index < -0.39 is 17.2 Å². The van der Waals surface area contributed by atoms with Crippen molar-refractivity contribution in [2.75, 3.05) is 0 Å². The summed E-state index contributed by atoms with van der Waals surface area (Å²) >= 11 is 0. The highest BCUT2D eigenvalue weighted by Crippen LogP contribution is 2.39. The average molecular weight is 261 g/mol. The van der Waals surface area contributed by atoms with Gasteiger partial charge < -0.3 is 31.6 Å². The first-order chi connectivity index (χ1) is 8.78. The molecule has 1 aromatic rings. The van der Waals surface area contributed by atoms with E-state index in [-0.39, 0.29) is 16.9 Å². The summed E-state index contributed by atoms with van der Waals surface area (Å²) in [4.78, 5) is 10.9. The number of carboxylic acid groups (broad SMARTS) is 1. The summed E-state index contributed by atoms with van der Waals surface area (Å²) in [5, 5.41) is 31.3. The van der Waals surface area contributed by atoms with Crippen molar-refractivity contribution in [3.05, 3.63) is 53.6 Å². The van der Waals surface area contributed by atoms with Crippen molar-refractivity contribution in [2.45, 2.75) is 11.3 Å². The fourth-order valence-corrected chi connectivity index (χ4v) is 1.99. The Morgan fingerprint density at radius 2 is 1.89 bits per heavy atom. The molecule has 6 nitrogen and oxygen atoms in total. The predicted octanol–water partition coefficient (Wildman–Crippen LogP) is -1.56. The number of benzene rings is 1. The maximum absolute atomic E-state index is 10.9. The normalized spacial score (nSPS) is 24.9.